The Hall–Kier alpha value is -1.89. The van der Waals surface area contributed by atoms with Crippen molar-refractivity contribution in [3.8, 4) is 0 Å². The van der Waals surface area contributed by atoms with E-state index in [-0.39, 0.29) is 18.6 Å². The average Bonchev–Trinajstić information content (AvgIpc) is 2.51. The van der Waals surface area contributed by atoms with Crippen molar-refractivity contribution < 1.29 is 23.1 Å². The van der Waals surface area contributed by atoms with E-state index in [2.05, 4.69) is 0 Å². The minimum Gasteiger partial charge on any atom is -0.480 e. The molecule has 0 radical (unpaired) electrons. The van der Waals surface area contributed by atoms with Gasteiger partial charge in [0.25, 0.3) is 0 Å². The van der Waals surface area contributed by atoms with E-state index in [1.807, 2.05) is 6.07 Å². The molecular weight excluding hydrogens is 318 g/mol. The molecule has 0 spiro atoms. The molecule has 2 atom stereocenters. The molecule has 7 heteroatoms. The van der Waals surface area contributed by atoms with Crippen molar-refractivity contribution in [1.82, 2.24) is 4.90 Å². The summed E-state index contributed by atoms with van der Waals surface area (Å²) < 4.78 is 24.2. The first-order valence-corrected chi connectivity index (χ1v) is 9.29. The van der Waals surface area contributed by atoms with Gasteiger partial charge in [-0.25, -0.2) is 13.2 Å². The quantitative estimate of drug-likeness (QED) is 0.867. The lowest BCUT2D eigenvalue weighted by molar-refractivity contribution is -0.148. The smallest absolute Gasteiger partial charge is 0.326 e. The van der Waals surface area contributed by atoms with Gasteiger partial charge in [0.15, 0.2) is 9.84 Å². The van der Waals surface area contributed by atoms with Gasteiger partial charge < -0.3 is 10.0 Å². The predicted molar refractivity (Wildman–Crippen MR) is 85.8 cm³/mol. The third-order valence-electron chi connectivity index (χ3n) is 4.23. The fourth-order valence-corrected chi connectivity index (χ4v) is 4.73. The van der Waals surface area contributed by atoms with Crippen LogP contribution in [-0.2, 0) is 25.8 Å². The van der Waals surface area contributed by atoms with E-state index in [1.54, 1.807) is 24.3 Å². The maximum absolute atomic E-state index is 12.5. The first-order chi connectivity index (χ1) is 10.8. The van der Waals surface area contributed by atoms with Crippen LogP contribution in [0, 0.1) is 0 Å². The molecule has 1 aliphatic rings. The molecule has 126 valence electrons. The zero-order chi connectivity index (χ0) is 17.0. The summed E-state index contributed by atoms with van der Waals surface area (Å²) in [6.45, 7) is 0. The predicted octanol–water partition coefficient (Wildman–Crippen LogP) is 1.11. The molecule has 2 rings (SSSR count). The van der Waals surface area contributed by atoms with E-state index in [9.17, 15) is 23.1 Å². The second-order valence-corrected chi connectivity index (χ2v) is 8.15. The summed E-state index contributed by atoms with van der Waals surface area (Å²) in [4.78, 5) is 25.2. The van der Waals surface area contributed by atoms with Crippen LogP contribution in [0.15, 0.2) is 30.3 Å². The molecule has 1 aromatic rings. The molecule has 1 aromatic carbocycles. The number of carbonyl (C=O) groups is 2. The second-order valence-electron chi connectivity index (χ2n) is 5.84. The van der Waals surface area contributed by atoms with Gasteiger partial charge in [0.05, 0.1) is 5.75 Å². The molecule has 23 heavy (non-hydrogen) atoms. The fraction of sp³-hybridized carbons (Fsp3) is 0.500. The lowest BCUT2D eigenvalue weighted by Crippen LogP contribution is -2.50. The van der Waals surface area contributed by atoms with Crippen LogP contribution in [0.3, 0.4) is 0 Å². The van der Waals surface area contributed by atoms with Crippen LogP contribution in [0.5, 0.6) is 0 Å². The summed E-state index contributed by atoms with van der Waals surface area (Å²) in [5, 5.41) is 8.33. The number of sulfone groups is 1. The standard InChI is InChI=1S/C16H21NO5S/c1-17(15(18)14-9-5-6-10-23(14,21)22)13(16(19)20)11-12-7-3-2-4-8-12/h2-4,7-8,13-14H,5-6,9-11H2,1H3,(H,19,20). The van der Waals surface area contributed by atoms with E-state index < -0.39 is 33.0 Å². The van der Waals surface area contributed by atoms with Crippen molar-refractivity contribution in [1.29, 1.82) is 0 Å². The molecule has 1 aliphatic heterocycles. The molecule has 0 saturated carbocycles. The fourth-order valence-electron chi connectivity index (χ4n) is 2.84. The first kappa shape index (κ1) is 17.5. The summed E-state index contributed by atoms with van der Waals surface area (Å²) >= 11 is 0. The maximum atomic E-state index is 12.5. The van der Waals surface area contributed by atoms with Gasteiger partial charge in [-0.05, 0) is 18.4 Å². The Morgan fingerprint density at radius 2 is 1.91 bits per heavy atom. The molecule has 1 amide bonds. The molecule has 1 fully saturated rings. The van der Waals surface area contributed by atoms with Crippen molar-refractivity contribution in [3.63, 3.8) is 0 Å². The topological polar surface area (TPSA) is 91.8 Å². The number of carboxylic acids is 1. The summed E-state index contributed by atoms with van der Waals surface area (Å²) in [6.07, 6.45) is 1.64. The Kier molecular flexibility index (Phi) is 5.41. The first-order valence-electron chi connectivity index (χ1n) is 7.58. The maximum Gasteiger partial charge on any atom is 0.326 e. The van der Waals surface area contributed by atoms with Gasteiger partial charge >= 0.3 is 5.97 Å². The molecule has 6 nitrogen and oxygen atoms in total. The van der Waals surface area contributed by atoms with Crippen LogP contribution < -0.4 is 0 Å². The van der Waals surface area contributed by atoms with E-state index in [0.717, 1.165) is 10.5 Å². The van der Waals surface area contributed by atoms with Gasteiger partial charge in [0.2, 0.25) is 5.91 Å². The number of carbonyl (C=O) groups excluding carboxylic acids is 1. The zero-order valence-corrected chi connectivity index (χ0v) is 13.8. The molecule has 0 bridgehead atoms. The highest BCUT2D eigenvalue weighted by molar-refractivity contribution is 7.92. The number of amides is 1. The van der Waals surface area contributed by atoms with Crippen molar-refractivity contribution in [3.05, 3.63) is 35.9 Å². The molecule has 1 heterocycles. The molecular formula is C16H21NO5S. The molecule has 2 unspecified atom stereocenters. The summed E-state index contributed by atoms with van der Waals surface area (Å²) in [6, 6.07) is 7.89. The van der Waals surface area contributed by atoms with Crippen LogP contribution in [0.1, 0.15) is 24.8 Å². The average molecular weight is 339 g/mol. The number of nitrogens with zero attached hydrogens (tertiary/aromatic N) is 1. The number of carboxylic acid groups (broad SMARTS) is 1. The molecule has 1 saturated heterocycles. The summed E-state index contributed by atoms with van der Waals surface area (Å²) in [5.41, 5.74) is 0.783. The highest BCUT2D eigenvalue weighted by atomic mass is 32.2. The van der Waals surface area contributed by atoms with Crippen LogP contribution in [0.4, 0.5) is 0 Å². The van der Waals surface area contributed by atoms with Gasteiger partial charge in [0, 0.05) is 13.5 Å². The van der Waals surface area contributed by atoms with Gasteiger partial charge in [-0.2, -0.15) is 0 Å². The number of hydrogen-bond acceptors (Lipinski definition) is 4. The van der Waals surface area contributed by atoms with Gasteiger partial charge in [0.1, 0.15) is 11.3 Å². The van der Waals surface area contributed by atoms with Crippen molar-refractivity contribution in [2.45, 2.75) is 37.0 Å². The van der Waals surface area contributed by atoms with Crippen molar-refractivity contribution >= 4 is 21.7 Å². The Bertz CT molecular complexity index is 671. The van der Waals surface area contributed by atoms with Crippen molar-refractivity contribution in [2.75, 3.05) is 12.8 Å². The number of likely N-dealkylation sites (N-methyl/N-ethyl adjacent to an activating group) is 1. The van der Waals surface area contributed by atoms with Gasteiger partial charge in [-0.1, -0.05) is 36.8 Å². The molecule has 0 aromatic heterocycles. The lowest BCUT2D eigenvalue weighted by Gasteiger charge is -2.30. The van der Waals surface area contributed by atoms with Gasteiger partial charge in [-0.3, -0.25) is 4.79 Å². The largest absolute Gasteiger partial charge is 0.480 e. The van der Waals surface area contributed by atoms with Crippen LogP contribution >= 0.6 is 0 Å². The van der Waals surface area contributed by atoms with Crippen molar-refractivity contribution in [2.24, 2.45) is 0 Å². The normalized spacial score (nSPS) is 21.3. The van der Waals surface area contributed by atoms with E-state index >= 15 is 0 Å². The number of hydrogen-bond donors (Lipinski definition) is 1. The Balaban J connectivity index is 2.18. The monoisotopic (exact) mass is 339 g/mol. The van der Waals surface area contributed by atoms with Crippen LogP contribution in [0.2, 0.25) is 0 Å². The third kappa shape index (κ3) is 4.10. The van der Waals surface area contributed by atoms with Crippen LogP contribution in [0.25, 0.3) is 0 Å². The SMILES string of the molecule is CN(C(=O)C1CCCCS1(=O)=O)C(Cc1ccccc1)C(=O)O. The van der Waals surface area contributed by atoms with E-state index in [1.165, 1.54) is 7.05 Å². The van der Waals surface area contributed by atoms with E-state index in [4.69, 9.17) is 0 Å². The third-order valence-corrected chi connectivity index (χ3v) is 6.39. The Morgan fingerprint density at radius 3 is 2.48 bits per heavy atom. The number of benzene rings is 1. The molecule has 0 aliphatic carbocycles. The summed E-state index contributed by atoms with van der Waals surface area (Å²) in [5.74, 6) is -1.76. The highest BCUT2D eigenvalue weighted by Gasteiger charge is 2.39. The summed E-state index contributed by atoms with van der Waals surface area (Å²) in [7, 11) is -2.11. The lowest BCUT2D eigenvalue weighted by atomic mass is 10.0. The Labute approximate surface area is 136 Å². The zero-order valence-electron chi connectivity index (χ0n) is 13.0. The van der Waals surface area contributed by atoms with Crippen LogP contribution in [-0.4, -0.2) is 54.4 Å². The number of aliphatic carboxylic acids is 1. The van der Waals surface area contributed by atoms with E-state index in [0.29, 0.717) is 12.8 Å². The highest BCUT2D eigenvalue weighted by Crippen LogP contribution is 2.22. The number of rotatable bonds is 5. The Morgan fingerprint density at radius 1 is 1.26 bits per heavy atom. The minimum atomic E-state index is -3.48. The second kappa shape index (κ2) is 7.12. The minimum absolute atomic E-state index is 0.00628. The molecule has 1 N–H and O–H groups in total. The van der Waals surface area contributed by atoms with Gasteiger partial charge in [-0.15, -0.1) is 0 Å².